The van der Waals surface area contributed by atoms with E-state index in [9.17, 15) is 4.79 Å². The molecule has 3 atom stereocenters. The van der Waals surface area contributed by atoms with Gasteiger partial charge in [0.1, 0.15) is 0 Å². The summed E-state index contributed by atoms with van der Waals surface area (Å²) in [5.41, 5.74) is 0. The fraction of sp³-hybridized carbons (Fsp3) is 0.938. The van der Waals surface area contributed by atoms with Crippen LogP contribution < -0.4 is 10.6 Å². The number of nitrogens with one attached hydrogen (secondary N) is 2. The highest BCUT2D eigenvalue weighted by Crippen LogP contribution is 2.25. The third-order valence-corrected chi connectivity index (χ3v) is 5.03. The van der Waals surface area contributed by atoms with E-state index in [0.717, 1.165) is 6.54 Å². The lowest BCUT2D eigenvalue weighted by Gasteiger charge is -2.31. The van der Waals surface area contributed by atoms with Gasteiger partial charge in [0.05, 0.1) is 6.04 Å². The molecule has 0 aromatic carbocycles. The minimum atomic E-state index is 0.0296. The summed E-state index contributed by atoms with van der Waals surface area (Å²) < 4.78 is 0. The van der Waals surface area contributed by atoms with Crippen LogP contribution in [0.3, 0.4) is 0 Å². The van der Waals surface area contributed by atoms with Crippen LogP contribution in [0.15, 0.2) is 0 Å². The van der Waals surface area contributed by atoms with E-state index in [2.05, 4.69) is 24.5 Å². The summed E-state index contributed by atoms with van der Waals surface area (Å²) in [5, 5.41) is 6.65. The molecular weight excluding hydrogens is 236 g/mol. The maximum atomic E-state index is 12.4. The van der Waals surface area contributed by atoms with E-state index in [1.54, 1.807) is 0 Å². The molecule has 3 heteroatoms. The van der Waals surface area contributed by atoms with Gasteiger partial charge >= 0.3 is 0 Å². The van der Waals surface area contributed by atoms with Crippen molar-refractivity contribution in [3.05, 3.63) is 0 Å². The molecule has 1 amide bonds. The number of rotatable bonds is 3. The minimum absolute atomic E-state index is 0.0296. The van der Waals surface area contributed by atoms with Crippen molar-refractivity contribution in [3.63, 3.8) is 0 Å². The first kappa shape index (κ1) is 14.8. The van der Waals surface area contributed by atoms with Gasteiger partial charge in [-0.3, -0.25) is 4.79 Å². The third-order valence-electron chi connectivity index (χ3n) is 5.03. The van der Waals surface area contributed by atoms with E-state index in [-0.39, 0.29) is 11.9 Å². The molecule has 0 bridgehead atoms. The molecule has 2 unspecified atom stereocenters. The molecule has 2 rings (SSSR count). The summed E-state index contributed by atoms with van der Waals surface area (Å²) in [6.45, 7) is 5.37. The molecule has 2 N–H and O–H groups in total. The number of amides is 1. The largest absolute Gasteiger partial charge is 0.352 e. The van der Waals surface area contributed by atoms with Crippen molar-refractivity contribution in [1.29, 1.82) is 0 Å². The Bertz CT molecular complexity index is 284. The molecule has 1 heterocycles. The first-order chi connectivity index (χ1) is 9.18. The average Bonchev–Trinajstić information content (AvgIpc) is 2.68. The average molecular weight is 266 g/mol. The molecule has 1 aliphatic carbocycles. The Morgan fingerprint density at radius 2 is 1.79 bits per heavy atom. The lowest BCUT2D eigenvalue weighted by molar-refractivity contribution is -0.125. The van der Waals surface area contributed by atoms with Crippen molar-refractivity contribution in [1.82, 2.24) is 10.6 Å². The highest BCUT2D eigenvalue weighted by Gasteiger charge is 2.29. The zero-order valence-corrected chi connectivity index (χ0v) is 12.6. The van der Waals surface area contributed by atoms with E-state index in [1.807, 2.05) is 0 Å². The fourth-order valence-corrected chi connectivity index (χ4v) is 3.64. The van der Waals surface area contributed by atoms with E-state index >= 15 is 0 Å². The van der Waals surface area contributed by atoms with E-state index in [1.165, 1.54) is 51.4 Å². The van der Waals surface area contributed by atoms with E-state index < -0.39 is 0 Å². The molecule has 0 aromatic rings. The summed E-state index contributed by atoms with van der Waals surface area (Å²) >= 11 is 0. The van der Waals surface area contributed by atoms with Gasteiger partial charge in [-0.25, -0.2) is 0 Å². The molecule has 3 nitrogen and oxygen atoms in total. The van der Waals surface area contributed by atoms with Crippen molar-refractivity contribution in [2.24, 2.45) is 11.8 Å². The topological polar surface area (TPSA) is 41.1 Å². The summed E-state index contributed by atoms with van der Waals surface area (Å²) in [6.07, 6.45) is 10.4. The molecule has 1 saturated carbocycles. The van der Waals surface area contributed by atoms with Gasteiger partial charge in [-0.2, -0.15) is 0 Å². The number of carbonyl (C=O) groups excluding carboxylic acids is 1. The SMILES string of the molecule is CC1CCCNC1C(=O)N[C@@H](C)C1CCCCCC1. The van der Waals surface area contributed by atoms with Crippen LogP contribution in [0.25, 0.3) is 0 Å². The lowest BCUT2D eigenvalue weighted by Crippen LogP contribution is -2.53. The van der Waals surface area contributed by atoms with Crippen molar-refractivity contribution in [3.8, 4) is 0 Å². The Hall–Kier alpha value is -0.570. The Balaban J connectivity index is 1.83. The van der Waals surface area contributed by atoms with E-state index in [0.29, 0.717) is 17.9 Å². The number of hydrogen-bond donors (Lipinski definition) is 2. The van der Waals surface area contributed by atoms with Crippen LogP contribution in [0.5, 0.6) is 0 Å². The Morgan fingerprint density at radius 3 is 2.42 bits per heavy atom. The second kappa shape index (κ2) is 7.28. The standard InChI is InChI=1S/C16H30N2O/c1-12-8-7-11-17-15(12)16(19)18-13(2)14-9-5-3-4-6-10-14/h12-15,17H,3-11H2,1-2H3,(H,18,19)/t12?,13-,15?/m0/s1. The van der Waals surface area contributed by atoms with Crippen LogP contribution in [0.4, 0.5) is 0 Å². The maximum absolute atomic E-state index is 12.4. The molecule has 110 valence electrons. The Morgan fingerprint density at radius 1 is 1.11 bits per heavy atom. The van der Waals surface area contributed by atoms with Crippen molar-refractivity contribution in [2.75, 3.05) is 6.54 Å². The molecular formula is C16H30N2O. The molecule has 0 aromatic heterocycles. The van der Waals surface area contributed by atoms with Gasteiger partial charge in [-0.15, -0.1) is 0 Å². The zero-order valence-electron chi connectivity index (χ0n) is 12.6. The predicted molar refractivity (Wildman–Crippen MR) is 79.0 cm³/mol. The van der Waals surface area contributed by atoms with Gasteiger partial charge < -0.3 is 10.6 Å². The molecule has 0 spiro atoms. The van der Waals surface area contributed by atoms with Gasteiger partial charge in [0.25, 0.3) is 0 Å². The van der Waals surface area contributed by atoms with Gasteiger partial charge in [0, 0.05) is 6.04 Å². The van der Waals surface area contributed by atoms with Gasteiger partial charge in [-0.1, -0.05) is 32.6 Å². The second-order valence-electron chi connectivity index (χ2n) is 6.60. The fourth-order valence-electron chi connectivity index (χ4n) is 3.64. The quantitative estimate of drug-likeness (QED) is 0.771. The van der Waals surface area contributed by atoms with Crippen LogP contribution in [-0.2, 0) is 4.79 Å². The molecule has 1 aliphatic heterocycles. The van der Waals surface area contributed by atoms with Crippen LogP contribution in [0.2, 0.25) is 0 Å². The summed E-state index contributed by atoms with van der Waals surface area (Å²) in [7, 11) is 0. The Kier molecular flexibility index (Phi) is 5.68. The van der Waals surface area contributed by atoms with Crippen LogP contribution in [0.1, 0.15) is 65.2 Å². The monoisotopic (exact) mass is 266 g/mol. The Labute approximate surface area is 117 Å². The molecule has 19 heavy (non-hydrogen) atoms. The van der Waals surface area contributed by atoms with Gasteiger partial charge in [0.2, 0.25) is 5.91 Å². The van der Waals surface area contributed by atoms with Crippen molar-refractivity contribution < 1.29 is 4.79 Å². The summed E-state index contributed by atoms with van der Waals surface area (Å²) in [4.78, 5) is 12.4. The van der Waals surface area contributed by atoms with Crippen LogP contribution in [0, 0.1) is 11.8 Å². The van der Waals surface area contributed by atoms with Crippen LogP contribution in [-0.4, -0.2) is 24.5 Å². The molecule has 2 fully saturated rings. The van der Waals surface area contributed by atoms with Crippen molar-refractivity contribution >= 4 is 5.91 Å². The molecule has 2 aliphatic rings. The van der Waals surface area contributed by atoms with E-state index in [4.69, 9.17) is 0 Å². The number of piperidine rings is 1. The number of hydrogen-bond acceptors (Lipinski definition) is 2. The summed E-state index contributed by atoms with van der Waals surface area (Å²) in [6, 6.07) is 0.364. The maximum Gasteiger partial charge on any atom is 0.237 e. The second-order valence-corrected chi connectivity index (χ2v) is 6.60. The minimum Gasteiger partial charge on any atom is -0.352 e. The predicted octanol–water partition coefficient (Wildman–Crippen LogP) is 2.85. The first-order valence-corrected chi connectivity index (χ1v) is 8.22. The smallest absolute Gasteiger partial charge is 0.237 e. The van der Waals surface area contributed by atoms with Crippen molar-refractivity contribution in [2.45, 2.75) is 77.3 Å². The highest BCUT2D eigenvalue weighted by molar-refractivity contribution is 5.82. The molecule has 1 saturated heterocycles. The number of carbonyl (C=O) groups is 1. The normalized spacial score (nSPS) is 31.5. The van der Waals surface area contributed by atoms with Crippen LogP contribution >= 0.6 is 0 Å². The first-order valence-electron chi connectivity index (χ1n) is 8.22. The lowest BCUT2D eigenvalue weighted by atomic mass is 9.90. The highest BCUT2D eigenvalue weighted by atomic mass is 16.2. The van der Waals surface area contributed by atoms with Gasteiger partial charge in [0.15, 0.2) is 0 Å². The summed E-state index contributed by atoms with van der Waals surface area (Å²) in [5.74, 6) is 1.38. The third kappa shape index (κ3) is 4.20. The molecule has 0 radical (unpaired) electrons. The van der Waals surface area contributed by atoms with Gasteiger partial charge in [-0.05, 0) is 51.0 Å². The zero-order chi connectivity index (χ0) is 13.7.